The molecule has 33 heavy (non-hydrogen) atoms. The number of ether oxygens (including phenoxy) is 1. The van der Waals surface area contributed by atoms with Crippen LogP contribution in [0, 0.1) is 5.92 Å². The Bertz CT molecular complexity index is 1030. The Morgan fingerprint density at radius 1 is 1.24 bits per heavy atom. The third-order valence-corrected chi connectivity index (χ3v) is 5.22. The zero-order valence-corrected chi connectivity index (χ0v) is 18.3. The highest BCUT2D eigenvalue weighted by Gasteiger charge is 2.22. The number of nitrogens with one attached hydrogen (secondary N) is 1. The lowest BCUT2D eigenvalue weighted by Gasteiger charge is -2.33. The van der Waals surface area contributed by atoms with Gasteiger partial charge in [-0.1, -0.05) is 12.1 Å². The van der Waals surface area contributed by atoms with Crippen LogP contribution >= 0.6 is 0 Å². The van der Waals surface area contributed by atoms with Crippen LogP contribution < -0.4 is 15.0 Å². The van der Waals surface area contributed by atoms with Crippen molar-refractivity contribution in [2.75, 3.05) is 31.6 Å². The van der Waals surface area contributed by atoms with Gasteiger partial charge in [-0.25, -0.2) is 4.98 Å². The Morgan fingerprint density at radius 3 is 2.76 bits per heavy atom. The summed E-state index contributed by atoms with van der Waals surface area (Å²) in [6.07, 6.45) is 6.65. The first-order chi connectivity index (χ1) is 16.2. The fourth-order valence-corrected chi connectivity index (χ4v) is 3.68. The second kappa shape index (κ2) is 12.1. The van der Waals surface area contributed by atoms with Crippen LogP contribution in [0.15, 0.2) is 55.0 Å². The van der Waals surface area contributed by atoms with Gasteiger partial charge < -0.3 is 20.1 Å². The van der Waals surface area contributed by atoms with Crippen molar-refractivity contribution in [1.82, 2.24) is 25.5 Å². The van der Waals surface area contributed by atoms with Crippen LogP contribution in [0.1, 0.15) is 23.3 Å². The lowest BCUT2D eigenvalue weighted by atomic mass is 9.98. The van der Waals surface area contributed by atoms with Gasteiger partial charge in [-0.2, -0.15) is 0 Å². The monoisotopic (exact) mass is 450 g/mol. The van der Waals surface area contributed by atoms with Gasteiger partial charge in [0.15, 0.2) is 5.82 Å². The van der Waals surface area contributed by atoms with Crippen LogP contribution in [0.3, 0.4) is 0 Å². The number of piperidine rings is 1. The number of hydrogen-bond acceptors (Lipinski definition) is 8. The zero-order valence-electron chi connectivity index (χ0n) is 18.3. The Morgan fingerprint density at radius 2 is 2.06 bits per heavy atom. The molecule has 1 aromatic carbocycles. The average molecular weight is 450 g/mol. The smallest absolute Gasteiger partial charge is 0.290 e. The normalized spacial score (nSPS) is 15.1. The number of anilines is 1. The fourth-order valence-electron chi connectivity index (χ4n) is 3.68. The quantitative estimate of drug-likeness (QED) is 0.543. The third kappa shape index (κ3) is 6.45. The van der Waals surface area contributed by atoms with E-state index in [1.807, 2.05) is 36.4 Å². The molecule has 0 saturated carbocycles. The van der Waals surface area contributed by atoms with Crippen LogP contribution in [0.25, 0.3) is 11.3 Å². The maximum Gasteiger partial charge on any atom is 0.290 e. The molecule has 2 aromatic heterocycles. The summed E-state index contributed by atoms with van der Waals surface area (Å²) in [5.41, 5.74) is 2.03. The highest BCUT2D eigenvalue weighted by atomic mass is 16.5. The standard InChI is InChI=1S/C22H24N6O2.CH2O2/c1-30-20-7-3-2-6-17(20)18-8-9-21(27-26-18)28-12-4-5-16(15-28)13-25-22(29)19-14-23-10-11-24-19;2-1-3/h2-3,6-11,14,16H,4-5,12-13,15H2,1H3,(H,25,29);1H,(H,2,3). The number of carboxylic acid groups (broad SMARTS) is 1. The first kappa shape index (κ1) is 23.6. The molecule has 3 aromatic rings. The van der Waals surface area contributed by atoms with Gasteiger partial charge in [0, 0.05) is 37.6 Å². The van der Waals surface area contributed by atoms with Crippen molar-refractivity contribution in [1.29, 1.82) is 0 Å². The van der Waals surface area contributed by atoms with Gasteiger partial charge in [0.05, 0.1) is 19.0 Å². The van der Waals surface area contributed by atoms with Gasteiger partial charge >= 0.3 is 0 Å². The number of amides is 1. The maximum atomic E-state index is 12.2. The molecule has 4 rings (SSSR count). The number of nitrogens with zero attached hydrogens (tertiary/aromatic N) is 5. The average Bonchev–Trinajstić information content (AvgIpc) is 2.88. The summed E-state index contributed by atoms with van der Waals surface area (Å²) in [5, 5.41) is 18.7. The molecule has 1 fully saturated rings. The number of para-hydroxylation sites is 1. The minimum Gasteiger partial charge on any atom is -0.496 e. The molecule has 0 radical (unpaired) electrons. The van der Waals surface area contributed by atoms with E-state index in [1.54, 1.807) is 13.3 Å². The molecule has 3 heterocycles. The van der Waals surface area contributed by atoms with Gasteiger partial charge in [-0.15, -0.1) is 10.2 Å². The Kier molecular flexibility index (Phi) is 8.63. The minimum absolute atomic E-state index is 0.193. The number of benzene rings is 1. The largest absolute Gasteiger partial charge is 0.496 e. The molecular formula is C23H26N6O4. The molecule has 1 saturated heterocycles. The van der Waals surface area contributed by atoms with E-state index in [1.165, 1.54) is 12.4 Å². The van der Waals surface area contributed by atoms with Crippen LogP contribution in [0.5, 0.6) is 5.75 Å². The summed E-state index contributed by atoms with van der Waals surface area (Å²) in [6, 6.07) is 11.7. The predicted molar refractivity (Wildman–Crippen MR) is 122 cm³/mol. The van der Waals surface area contributed by atoms with Gasteiger partial charge in [-0.3, -0.25) is 14.6 Å². The number of carbonyl (C=O) groups is 2. The maximum absolute atomic E-state index is 12.2. The van der Waals surface area contributed by atoms with Crippen molar-refractivity contribution in [3.8, 4) is 17.0 Å². The molecular weight excluding hydrogens is 424 g/mol. The second-order valence-corrected chi connectivity index (χ2v) is 7.34. The van der Waals surface area contributed by atoms with Crippen molar-refractivity contribution in [2.45, 2.75) is 12.8 Å². The molecule has 1 amide bonds. The van der Waals surface area contributed by atoms with E-state index in [-0.39, 0.29) is 12.4 Å². The molecule has 1 unspecified atom stereocenters. The topological polar surface area (TPSA) is 130 Å². The van der Waals surface area contributed by atoms with Gasteiger partial charge in [-0.05, 0) is 43.0 Å². The molecule has 2 N–H and O–H groups in total. The first-order valence-electron chi connectivity index (χ1n) is 10.5. The summed E-state index contributed by atoms with van der Waals surface area (Å²) in [5.74, 6) is 1.77. The van der Waals surface area contributed by atoms with E-state index in [0.29, 0.717) is 18.2 Å². The van der Waals surface area contributed by atoms with Crippen molar-refractivity contribution in [3.05, 3.63) is 60.7 Å². The van der Waals surface area contributed by atoms with E-state index in [0.717, 1.165) is 48.8 Å². The number of rotatable bonds is 6. The molecule has 1 atom stereocenters. The minimum atomic E-state index is -0.250. The highest BCUT2D eigenvalue weighted by Crippen LogP contribution is 2.29. The van der Waals surface area contributed by atoms with Gasteiger partial charge in [0.25, 0.3) is 12.4 Å². The second-order valence-electron chi connectivity index (χ2n) is 7.34. The zero-order chi connectivity index (χ0) is 23.5. The van der Waals surface area contributed by atoms with Crippen LogP contribution in [-0.2, 0) is 4.79 Å². The predicted octanol–water partition coefficient (Wildman–Crippen LogP) is 2.29. The van der Waals surface area contributed by atoms with E-state index in [9.17, 15) is 4.79 Å². The molecule has 0 bridgehead atoms. The van der Waals surface area contributed by atoms with Crippen molar-refractivity contribution in [3.63, 3.8) is 0 Å². The SMILES string of the molecule is COc1ccccc1-c1ccc(N2CCCC(CNC(=O)c3cnccn3)C2)nn1.O=CO. The van der Waals surface area contributed by atoms with Crippen molar-refractivity contribution in [2.24, 2.45) is 5.92 Å². The molecule has 1 aliphatic rings. The molecule has 10 nitrogen and oxygen atoms in total. The van der Waals surface area contributed by atoms with E-state index >= 15 is 0 Å². The highest BCUT2D eigenvalue weighted by molar-refractivity contribution is 5.91. The lowest BCUT2D eigenvalue weighted by molar-refractivity contribution is -0.122. The molecule has 10 heteroatoms. The number of methoxy groups -OCH3 is 1. The van der Waals surface area contributed by atoms with Gasteiger partial charge in [0.2, 0.25) is 0 Å². The summed E-state index contributed by atoms with van der Waals surface area (Å²) in [7, 11) is 1.65. The van der Waals surface area contributed by atoms with Crippen LogP contribution in [0.4, 0.5) is 5.82 Å². The lowest BCUT2D eigenvalue weighted by Crippen LogP contribution is -2.41. The van der Waals surface area contributed by atoms with Crippen molar-refractivity contribution < 1.29 is 19.4 Å². The summed E-state index contributed by atoms with van der Waals surface area (Å²) < 4.78 is 5.42. The third-order valence-electron chi connectivity index (χ3n) is 5.22. The molecule has 0 spiro atoms. The van der Waals surface area contributed by atoms with Crippen LogP contribution in [0.2, 0.25) is 0 Å². The Hall–Kier alpha value is -4.08. The van der Waals surface area contributed by atoms with E-state index in [2.05, 4.69) is 30.4 Å². The number of aromatic nitrogens is 4. The van der Waals surface area contributed by atoms with E-state index < -0.39 is 0 Å². The fraction of sp³-hybridized carbons (Fsp3) is 0.304. The Balaban J connectivity index is 0.000000968. The number of carbonyl (C=O) groups excluding carboxylic acids is 1. The summed E-state index contributed by atoms with van der Waals surface area (Å²) in [6.45, 7) is 2.10. The molecule has 1 aliphatic heterocycles. The number of hydrogen-bond donors (Lipinski definition) is 2. The summed E-state index contributed by atoms with van der Waals surface area (Å²) >= 11 is 0. The van der Waals surface area contributed by atoms with Gasteiger partial charge in [0.1, 0.15) is 11.4 Å². The van der Waals surface area contributed by atoms with E-state index in [4.69, 9.17) is 14.6 Å². The first-order valence-corrected chi connectivity index (χ1v) is 10.5. The van der Waals surface area contributed by atoms with Crippen molar-refractivity contribution >= 4 is 18.2 Å². The van der Waals surface area contributed by atoms with Crippen LogP contribution in [-0.4, -0.2) is 64.4 Å². The molecule has 172 valence electrons. The Labute approximate surface area is 191 Å². The molecule has 0 aliphatic carbocycles. The summed E-state index contributed by atoms with van der Waals surface area (Å²) in [4.78, 5) is 30.8.